The van der Waals surface area contributed by atoms with Crippen LogP contribution in [-0.4, -0.2) is 45.9 Å². The Hall–Kier alpha value is -1.76. The molecule has 6 heteroatoms. The number of aliphatic hydroxyl groups excluding tert-OH is 1. The number of imidazole rings is 1. The molecule has 1 aromatic carbocycles. The summed E-state index contributed by atoms with van der Waals surface area (Å²) in [5.41, 5.74) is 1.53. The lowest BCUT2D eigenvalue weighted by Gasteiger charge is -2.34. The second-order valence-electron chi connectivity index (χ2n) is 5.57. The van der Waals surface area contributed by atoms with E-state index in [9.17, 15) is 9.50 Å². The van der Waals surface area contributed by atoms with E-state index in [0.717, 1.165) is 31.6 Å². The molecule has 22 heavy (non-hydrogen) atoms. The first-order valence-corrected chi connectivity index (χ1v) is 7.42. The zero-order chi connectivity index (χ0) is 15.5. The summed E-state index contributed by atoms with van der Waals surface area (Å²) < 4.78 is 20.0. The molecule has 5 nitrogen and oxygen atoms in total. The highest BCUT2D eigenvalue weighted by molar-refractivity contribution is 5.57. The molecule has 1 N–H and O–H groups in total. The van der Waals surface area contributed by atoms with E-state index in [1.807, 2.05) is 11.9 Å². The second-order valence-corrected chi connectivity index (χ2v) is 5.57. The van der Waals surface area contributed by atoms with Crippen LogP contribution in [0.25, 0.3) is 11.3 Å². The Morgan fingerprint density at radius 1 is 1.32 bits per heavy atom. The fraction of sp³-hybridized carbons (Fsp3) is 0.438. The summed E-state index contributed by atoms with van der Waals surface area (Å²) in [6.45, 7) is 1.46. The zero-order valence-electron chi connectivity index (χ0n) is 12.5. The van der Waals surface area contributed by atoms with Crippen LogP contribution in [0, 0.1) is 5.82 Å². The first kappa shape index (κ1) is 15.1. The highest BCUT2D eigenvalue weighted by Crippen LogP contribution is 2.22. The Labute approximate surface area is 129 Å². The number of nitrogens with zero attached hydrogens (tertiary/aromatic N) is 3. The van der Waals surface area contributed by atoms with E-state index in [0.29, 0.717) is 11.7 Å². The molecule has 2 aromatic rings. The number of aromatic nitrogens is 2. The van der Waals surface area contributed by atoms with Gasteiger partial charge in [0.1, 0.15) is 5.82 Å². The van der Waals surface area contributed by atoms with Crippen LogP contribution in [0.2, 0.25) is 0 Å². The average Bonchev–Trinajstić information content (AvgIpc) is 3.05. The minimum Gasteiger partial charge on any atom is -0.381 e. The number of hydrogen-bond donors (Lipinski definition) is 1. The van der Waals surface area contributed by atoms with Gasteiger partial charge < -0.3 is 9.84 Å². The zero-order valence-corrected chi connectivity index (χ0v) is 12.5. The summed E-state index contributed by atoms with van der Waals surface area (Å²) in [5.74, 6) is -0.275. The number of aliphatic hydroxyl groups is 1. The van der Waals surface area contributed by atoms with Crippen LogP contribution in [0.5, 0.6) is 0 Å². The predicted molar refractivity (Wildman–Crippen MR) is 80.5 cm³/mol. The molecule has 118 valence electrons. The minimum atomic E-state index is -0.773. The van der Waals surface area contributed by atoms with Crippen molar-refractivity contribution in [3.8, 4) is 11.3 Å². The van der Waals surface area contributed by atoms with E-state index in [1.54, 1.807) is 29.2 Å². The van der Waals surface area contributed by atoms with Gasteiger partial charge in [0, 0.05) is 31.0 Å². The molecule has 1 fully saturated rings. The molecule has 0 saturated carbocycles. The van der Waals surface area contributed by atoms with Crippen molar-refractivity contribution in [1.82, 2.24) is 14.5 Å². The van der Waals surface area contributed by atoms with Crippen LogP contribution in [0.3, 0.4) is 0 Å². The molecule has 1 atom stereocenters. The number of halogens is 1. The van der Waals surface area contributed by atoms with Crippen LogP contribution in [-0.2, 0) is 4.74 Å². The molecule has 0 amide bonds. The van der Waals surface area contributed by atoms with Crippen molar-refractivity contribution in [2.45, 2.75) is 25.2 Å². The Morgan fingerprint density at radius 2 is 2.00 bits per heavy atom. The summed E-state index contributed by atoms with van der Waals surface area (Å²) in [4.78, 5) is 6.22. The number of ether oxygens (including phenoxy) is 1. The smallest absolute Gasteiger partial charge is 0.191 e. The normalized spacial score (nSPS) is 17.8. The highest BCUT2D eigenvalue weighted by Gasteiger charge is 2.24. The molecule has 0 radical (unpaired) electrons. The van der Waals surface area contributed by atoms with Crippen molar-refractivity contribution < 1.29 is 14.2 Å². The van der Waals surface area contributed by atoms with E-state index in [-0.39, 0.29) is 5.82 Å². The predicted octanol–water partition coefficient (Wildman–Crippen LogP) is 2.25. The van der Waals surface area contributed by atoms with E-state index in [2.05, 4.69) is 4.98 Å². The molecule has 0 unspecified atom stereocenters. The maximum atomic E-state index is 13.0. The summed E-state index contributed by atoms with van der Waals surface area (Å²) in [5, 5.41) is 10.5. The maximum absolute atomic E-state index is 13.0. The monoisotopic (exact) mass is 305 g/mol. The maximum Gasteiger partial charge on any atom is 0.191 e. The van der Waals surface area contributed by atoms with E-state index >= 15 is 0 Å². The van der Waals surface area contributed by atoms with Gasteiger partial charge in [-0.05, 0) is 44.2 Å². The molecule has 1 saturated heterocycles. The van der Waals surface area contributed by atoms with Gasteiger partial charge in [0.15, 0.2) is 6.35 Å². The average molecular weight is 305 g/mol. The molecule has 1 aliphatic heterocycles. The molecular weight excluding hydrogens is 285 g/mol. The van der Waals surface area contributed by atoms with Crippen molar-refractivity contribution in [3.63, 3.8) is 0 Å². The molecule has 1 aromatic heterocycles. The summed E-state index contributed by atoms with van der Waals surface area (Å²) in [7, 11) is 1.90. The summed E-state index contributed by atoms with van der Waals surface area (Å²) >= 11 is 0. The van der Waals surface area contributed by atoms with Gasteiger partial charge in [-0.2, -0.15) is 0 Å². The minimum absolute atomic E-state index is 0.275. The molecule has 0 aliphatic carbocycles. The van der Waals surface area contributed by atoms with Gasteiger partial charge >= 0.3 is 0 Å². The van der Waals surface area contributed by atoms with Crippen LogP contribution < -0.4 is 0 Å². The first-order valence-electron chi connectivity index (χ1n) is 7.42. The third-order valence-corrected chi connectivity index (χ3v) is 4.14. The van der Waals surface area contributed by atoms with E-state index in [4.69, 9.17) is 4.74 Å². The fourth-order valence-electron chi connectivity index (χ4n) is 2.72. The van der Waals surface area contributed by atoms with Crippen LogP contribution in [0.15, 0.2) is 36.8 Å². The van der Waals surface area contributed by atoms with Crippen molar-refractivity contribution >= 4 is 0 Å². The van der Waals surface area contributed by atoms with Crippen molar-refractivity contribution in [2.24, 2.45) is 0 Å². The molecule has 1 aliphatic rings. The Balaban J connectivity index is 1.73. The topological polar surface area (TPSA) is 50.5 Å². The Morgan fingerprint density at radius 3 is 2.68 bits per heavy atom. The van der Waals surface area contributed by atoms with Gasteiger partial charge in [-0.15, -0.1) is 0 Å². The van der Waals surface area contributed by atoms with Crippen molar-refractivity contribution in [3.05, 3.63) is 42.6 Å². The van der Waals surface area contributed by atoms with Gasteiger partial charge in [0.05, 0.1) is 12.0 Å². The largest absolute Gasteiger partial charge is 0.381 e. The Bertz CT molecular complexity index is 608. The van der Waals surface area contributed by atoms with Gasteiger partial charge in [-0.3, -0.25) is 9.47 Å². The molecule has 0 spiro atoms. The number of rotatable bonds is 4. The molecular formula is C16H20FN3O2. The highest BCUT2D eigenvalue weighted by atomic mass is 19.1. The third kappa shape index (κ3) is 3.19. The lowest BCUT2D eigenvalue weighted by atomic mass is 10.1. The van der Waals surface area contributed by atoms with Crippen LogP contribution >= 0.6 is 0 Å². The van der Waals surface area contributed by atoms with Gasteiger partial charge in [-0.25, -0.2) is 9.37 Å². The quantitative estimate of drug-likeness (QED) is 0.880. The second kappa shape index (κ2) is 6.56. The van der Waals surface area contributed by atoms with Gasteiger partial charge in [0.2, 0.25) is 0 Å². The van der Waals surface area contributed by atoms with Crippen LogP contribution in [0.4, 0.5) is 4.39 Å². The summed E-state index contributed by atoms with van der Waals surface area (Å²) in [6, 6.07) is 6.45. The van der Waals surface area contributed by atoms with Gasteiger partial charge in [0.25, 0.3) is 0 Å². The number of benzene rings is 1. The number of hydrogen-bond acceptors (Lipinski definition) is 4. The molecule has 0 bridgehead atoms. The third-order valence-electron chi connectivity index (χ3n) is 4.14. The standard InChI is InChI=1S/C16H20FN3O2/c1-19(14-6-8-22-9-7-14)16(21)20-10-15(18-11-20)12-2-4-13(17)5-3-12/h2-5,10-11,14,16,21H,6-9H2,1H3/t16-/m1/s1. The Kier molecular flexibility index (Phi) is 4.52. The van der Waals surface area contributed by atoms with Crippen LogP contribution in [0.1, 0.15) is 19.2 Å². The summed E-state index contributed by atoms with van der Waals surface area (Å²) in [6.07, 6.45) is 4.41. The lowest BCUT2D eigenvalue weighted by molar-refractivity contribution is -0.0849. The van der Waals surface area contributed by atoms with E-state index < -0.39 is 6.35 Å². The fourth-order valence-corrected chi connectivity index (χ4v) is 2.72. The molecule has 2 heterocycles. The van der Waals surface area contributed by atoms with E-state index in [1.165, 1.54) is 12.1 Å². The SMILES string of the molecule is CN(C1CCOCC1)[C@@H](O)n1cnc(-c2ccc(F)cc2)c1. The van der Waals surface area contributed by atoms with Crippen molar-refractivity contribution in [1.29, 1.82) is 0 Å². The van der Waals surface area contributed by atoms with Crippen molar-refractivity contribution in [2.75, 3.05) is 20.3 Å². The first-order chi connectivity index (χ1) is 10.6. The van der Waals surface area contributed by atoms with Gasteiger partial charge in [-0.1, -0.05) is 0 Å². The lowest BCUT2D eigenvalue weighted by Crippen LogP contribution is -2.40. The molecule has 3 rings (SSSR count).